The fourth-order valence-corrected chi connectivity index (χ4v) is 0.473. The molecular weight excluding hydrogens is 102 g/mol. The van der Waals surface area contributed by atoms with Gasteiger partial charge in [-0.1, -0.05) is 6.92 Å². The van der Waals surface area contributed by atoms with Crippen molar-refractivity contribution in [3.05, 3.63) is 0 Å². The van der Waals surface area contributed by atoms with Gasteiger partial charge in [0.15, 0.2) is 0 Å². The third-order valence-electron chi connectivity index (χ3n) is 1.22. The molecule has 0 bridgehead atoms. The molecule has 0 aliphatic carbocycles. The molecule has 2 nitrogen and oxygen atoms in total. The van der Waals surface area contributed by atoms with Gasteiger partial charge in [-0.2, -0.15) is 0 Å². The van der Waals surface area contributed by atoms with Crippen LogP contribution in [0.3, 0.4) is 0 Å². The summed E-state index contributed by atoms with van der Waals surface area (Å²) in [6, 6.07) is 0.329. The second-order valence-electron chi connectivity index (χ2n) is 1.95. The standard InChI is InChI=1S/C6H15NO/c1-3-6(7)4-5-8-2/h6H,3-5,7H2,1-2H3/t6-/m0/s1. The van der Waals surface area contributed by atoms with Crippen LogP contribution in [0.15, 0.2) is 0 Å². The van der Waals surface area contributed by atoms with Crippen molar-refractivity contribution in [3.8, 4) is 0 Å². The molecule has 0 unspecified atom stereocenters. The number of hydrogen-bond donors (Lipinski definition) is 1. The van der Waals surface area contributed by atoms with E-state index in [-0.39, 0.29) is 0 Å². The van der Waals surface area contributed by atoms with Crippen molar-refractivity contribution in [3.63, 3.8) is 0 Å². The van der Waals surface area contributed by atoms with Gasteiger partial charge in [0.1, 0.15) is 0 Å². The summed E-state index contributed by atoms with van der Waals surface area (Å²) in [6.45, 7) is 2.87. The first-order valence-electron chi connectivity index (χ1n) is 3.05. The normalized spacial score (nSPS) is 13.9. The summed E-state index contributed by atoms with van der Waals surface area (Å²) in [5.41, 5.74) is 5.58. The molecule has 0 aliphatic rings. The summed E-state index contributed by atoms with van der Waals surface area (Å²) in [7, 11) is 1.70. The zero-order valence-corrected chi connectivity index (χ0v) is 5.68. The van der Waals surface area contributed by atoms with E-state index < -0.39 is 0 Å². The zero-order chi connectivity index (χ0) is 6.41. The van der Waals surface area contributed by atoms with Gasteiger partial charge in [0.25, 0.3) is 0 Å². The van der Waals surface area contributed by atoms with Crippen LogP contribution in [0.2, 0.25) is 0 Å². The van der Waals surface area contributed by atoms with Crippen LogP contribution in [-0.2, 0) is 4.74 Å². The molecule has 0 aromatic carbocycles. The van der Waals surface area contributed by atoms with Gasteiger partial charge < -0.3 is 10.5 Å². The maximum absolute atomic E-state index is 5.58. The topological polar surface area (TPSA) is 35.2 Å². The summed E-state index contributed by atoms with van der Waals surface area (Å²) >= 11 is 0. The molecule has 2 heteroatoms. The molecule has 2 N–H and O–H groups in total. The van der Waals surface area contributed by atoms with Crippen molar-refractivity contribution < 1.29 is 4.74 Å². The Morgan fingerprint density at radius 1 is 1.62 bits per heavy atom. The summed E-state index contributed by atoms with van der Waals surface area (Å²) in [4.78, 5) is 0. The van der Waals surface area contributed by atoms with E-state index in [2.05, 4.69) is 6.92 Å². The molecule has 0 saturated carbocycles. The average molecular weight is 117 g/mol. The Balaban J connectivity index is 2.86. The lowest BCUT2D eigenvalue weighted by molar-refractivity contribution is 0.187. The largest absolute Gasteiger partial charge is 0.385 e. The predicted octanol–water partition coefficient (Wildman–Crippen LogP) is 0.760. The number of rotatable bonds is 4. The zero-order valence-electron chi connectivity index (χ0n) is 5.68. The molecule has 8 heavy (non-hydrogen) atoms. The van der Waals surface area contributed by atoms with Gasteiger partial charge in [-0.15, -0.1) is 0 Å². The third kappa shape index (κ3) is 4.09. The lowest BCUT2D eigenvalue weighted by Gasteiger charge is -2.05. The second kappa shape index (κ2) is 5.06. The number of hydrogen-bond acceptors (Lipinski definition) is 2. The molecule has 0 aliphatic heterocycles. The third-order valence-corrected chi connectivity index (χ3v) is 1.22. The molecular formula is C6H15NO. The highest BCUT2D eigenvalue weighted by molar-refractivity contribution is 4.55. The molecule has 0 spiro atoms. The van der Waals surface area contributed by atoms with Crippen molar-refractivity contribution in [1.82, 2.24) is 0 Å². The van der Waals surface area contributed by atoms with Gasteiger partial charge in [0.2, 0.25) is 0 Å². The van der Waals surface area contributed by atoms with Crippen LogP contribution in [0, 0.1) is 0 Å². The van der Waals surface area contributed by atoms with E-state index in [1.54, 1.807) is 7.11 Å². The van der Waals surface area contributed by atoms with Gasteiger partial charge in [0, 0.05) is 19.8 Å². The Labute approximate surface area is 51.0 Å². The first-order chi connectivity index (χ1) is 3.81. The molecule has 1 atom stereocenters. The van der Waals surface area contributed by atoms with E-state index in [9.17, 15) is 0 Å². The van der Waals surface area contributed by atoms with Crippen LogP contribution in [0.25, 0.3) is 0 Å². The highest BCUT2D eigenvalue weighted by Crippen LogP contribution is 1.91. The quantitative estimate of drug-likeness (QED) is 0.590. The minimum absolute atomic E-state index is 0.329. The van der Waals surface area contributed by atoms with Crippen LogP contribution in [0.4, 0.5) is 0 Å². The fourth-order valence-electron chi connectivity index (χ4n) is 0.473. The lowest BCUT2D eigenvalue weighted by Crippen LogP contribution is -2.20. The average Bonchev–Trinajstić information content (AvgIpc) is 1.83. The monoisotopic (exact) mass is 117 g/mol. The summed E-state index contributed by atoms with van der Waals surface area (Å²) in [5, 5.41) is 0. The number of ether oxygens (including phenoxy) is 1. The molecule has 0 heterocycles. The van der Waals surface area contributed by atoms with Gasteiger partial charge >= 0.3 is 0 Å². The van der Waals surface area contributed by atoms with E-state index in [1.165, 1.54) is 0 Å². The highest BCUT2D eigenvalue weighted by Gasteiger charge is 1.95. The van der Waals surface area contributed by atoms with Crippen LogP contribution < -0.4 is 5.73 Å². The summed E-state index contributed by atoms with van der Waals surface area (Å²) in [6.07, 6.45) is 2.02. The van der Waals surface area contributed by atoms with Crippen molar-refractivity contribution in [2.24, 2.45) is 5.73 Å². The van der Waals surface area contributed by atoms with Gasteiger partial charge in [-0.25, -0.2) is 0 Å². The van der Waals surface area contributed by atoms with Crippen molar-refractivity contribution in [1.29, 1.82) is 0 Å². The Kier molecular flexibility index (Phi) is 5.01. The Morgan fingerprint density at radius 2 is 2.25 bits per heavy atom. The van der Waals surface area contributed by atoms with E-state index in [0.717, 1.165) is 19.4 Å². The van der Waals surface area contributed by atoms with Crippen LogP contribution in [-0.4, -0.2) is 19.8 Å². The molecule has 0 fully saturated rings. The minimum atomic E-state index is 0.329. The van der Waals surface area contributed by atoms with Crippen LogP contribution in [0.5, 0.6) is 0 Å². The molecule has 50 valence electrons. The number of nitrogens with two attached hydrogens (primary N) is 1. The Bertz CT molecular complexity index is 47.8. The minimum Gasteiger partial charge on any atom is -0.385 e. The van der Waals surface area contributed by atoms with E-state index in [1.807, 2.05) is 0 Å². The summed E-state index contributed by atoms with van der Waals surface area (Å²) in [5.74, 6) is 0. The molecule has 0 rings (SSSR count). The smallest absolute Gasteiger partial charge is 0.0477 e. The first-order valence-corrected chi connectivity index (χ1v) is 3.05. The van der Waals surface area contributed by atoms with Gasteiger partial charge in [-0.05, 0) is 12.8 Å². The van der Waals surface area contributed by atoms with Crippen molar-refractivity contribution >= 4 is 0 Å². The van der Waals surface area contributed by atoms with Crippen molar-refractivity contribution in [2.45, 2.75) is 25.8 Å². The SMILES string of the molecule is CC[C@H](N)CCOC. The molecule has 0 aromatic heterocycles. The molecule has 0 aromatic rings. The van der Waals surface area contributed by atoms with Crippen LogP contribution in [0.1, 0.15) is 19.8 Å². The van der Waals surface area contributed by atoms with Gasteiger partial charge in [0.05, 0.1) is 0 Å². The van der Waals surface area contributed by atoms with E-state index >= 15 is 0 Å². The van der Waals surface area contributed by atoms with Crippen molar-refractivity contribution in [2.75, 3.05) is 13.7 Å². The lowest BCUT2D eigenvalue weighted by atomic mass is 10.2. The molecule has 0 radical (unpaired) electrons. The molecule has 0 saturated heterocycles. The second-order valence-corrected chi connectivity index (χ2v) is 1.95. The fraction of sp³-hybridized carbons (Fsp3) is 1.00. The maximum atomic E-state index is 5.58. The van der Waals surface area contributed by atoms with E-state index in [4.69, 9.17) is 10.5 Å². The van der Waals surface area contributed by atoms with Gasteiger partial charge in [-0.3, -0.25) is 0 Å². The number of methoxy groups -OCH3 is 1. The summed E-state index contributed by atoms with van der Waals surface area (Å²) < 4.78 is 4.83. The Morgan fingerprint density at radius 3 is 2.62 bits per heavy atom. The highest BCUT2D eigenvalue weighted by atomic mass is 16.5. The first kappa shape index (κ1) is 7.92. The molecule has 0 amide bonds. The Hall–Kier alpha value is -0.0800. The van der Waals surface area contributed by atoms with Crippen LogP contribution >= 0.6 is 0 Å². The van der Waals surface area contributed by atoms with E-state index in [0.29, 0.717) is 6.04 Å². The predicted molar refractivity (Wildman–Crippen MR) is 34.8 cm³/mol. The maximum Gasteiger partial charge on any atom is 0.0477 e.